The summed E-state index contributed by atoms with van der Waals surface area (Å²) in [5, 5.41) is 8.69. The molecule has 0 saturated heterocycles. The fraction of sp³-hybridized carbons (Fsp3) is 0.417. The van der Waals surface area contributed by atoms with Crippen molar-refractivity contribution in [2.75, 3.05) is 20.3 Å². The van der Waals surface area contributed by atoms with Gasteiger partial charge in [0.2, 0.25) is 0 Å². The molecule has 0 aliphatic carbocycles. The molecular weight excluding hydrogens is 208 g/mol. The molecule has 4 nitrogen and oxygen atoms in total. The average molecular weight is 224 g/mol. The number of aliphatic hydroxyl groups is 1. The molecule has 88 valence electrons. The number of hydrogen-bond donors (Lipinski definition) is 1. The molecule has 0 fully saturated rings. The highest BCUT2D eigenvalue weighted by Gasteiger charge is 2.10. The second-order valence-electron chi connectivity index (χ2n) is 3.20. The highest BCUT2D eigenvalue weighted by atomic mass is 16.5. The van der Waals surface area contributed by atoms with Gasteiger partial charge in [0.25, 0.3) is 0 Å². The van der Waals surface area contributed by atoms with Crippen molar-refractivity contribution < 1.29 is 19.4 Å². The number of benzene rings is 1. The third-order valence-corrected chi connectivity index (χ3v) is 2.12. The maximum Gasteiger partial charge on any atom is 0.165 e. The van der Waals surface area contributed by atoms with Gasteiger partial charge in [-0.3, -0.25) is 4.79 Å². The summed E-state index contributed by atoms with van der Waals surface area (Å²) in [7, 11) is 1.53. The van der Waals surface area contributed by atoms with Crippen LogP contribution in [0.5, 0.6) is 11.5 Å². The van der Waals surface area contributed by atoms with Crippen LogP contribution in [-0.4, -0.2) is 31.2 Å². The van der Waals surface area contributed by atoms with Crippen LogP contribution in [0.4, 0.5) is 0 Å². The van der Waals surface area contributed by atoms with E-state index in [1.807, 2.05) is 6.92 Å². The van der Waals surface area contributed by atoms with Crippen LogP contribution in [0.15, 0.2) is 18.2 Å². The Kier molecular flexibility index (Phi) is 4.79. The van der Waals surface area contributed by atoms with Crippen molar-refractivity contribution in [3.8, 4) is 11.5 Å². The molecule has 0 atom stereocenters. The van der Waals surface area contributed by atoms with E-state index in [4.69, 9.17) is 14.6 Å². The van der Waals surface area contributed by atoms with Crippen LogP contribution >= 0.6 is 0 Å². The number of aliphatic hydroxyl groups excluding tert-OH is 1. The predicted octanol–water partition coefficient (Wildman–Crippen LogP) is 1.66. The first-order chi connectivity index (χ1) is 7.72. The van der Waals surface area contributed by atoms with E-state index in [1.165, 1.54) is 7.11 Å². The zero-order valence-corrected chi connectivity index (χ0v) is 9.53. The van der Waals surface area contributed by atoms with Gasteiger partial charge in [-0.1, -0.05) is 0 Å². The molecule has 0 aromatic heterocycles. The highest BCUT2D eigenvalue weighted by molar-refractivity contribution is 5.96. The van der Waals surface area contributed by atoms with Crippen molar-refractivity contribution in [1.29, 1.82) is 0 Å². The van der Waals surface area contributed by atoms with Crippen LogP contribution in [0.25, 0.3) is 0 Å². The van der Waals surface area contributed by atoms with Crippen LogP contribution in [0.2, 0.25) is 0 Å². The standard InChI is InChI=1S/C12H16O4/c1-3-16-11-5-4-9(8-12(11)15-2)10(14)6-7-13/h4-5,8,13H,3,6-7H2,1-2H3. The molecule has 0 aliphatic heterocycles. The van der Waals surface area contributed by atoms with Crippen molar-refractivity contribution in [3.63, 3.8) is 0 Å². The highest BCUT2D eigenvalue weighted by Crippen LogP contribution is 2.28. The molecule has 0 unspecified atom stereocenters. The van der Waals surface area contributed by atoms with Gasteiger partial charge >= 0.3 is 0 Å². The molecule has 1 N–H and O–H groups in total. The Morgan fingerprint density at radius 1 is 1.38 bits per heavy atom. The second-order valence-corrected chi connectivity index (χ2v) is 3.20. The molecule has 1 aromatic rings. The Morgan fingerprint density at radius 3 is 2.69 bits per heavy atom. The summed E-state index contributed by atoms with van der Waals surface area (Å²) in [6.45, 7) is 2.28. The monoisotopic (exact) mass is 224 g/mol. The third kappa shape index (κ3) is 2.97. The first-order valence-electron chi connectivity index (χ1n) is 5.17. The van der Waals surface area contributed by atoms with E-state index in [1.54, 1.807) is 18.2 Å². The summed E-state index contributed by atoms with van der Waals surface area (Å²) in [6.07, 6.45) is 0.122. The van der Waals surface area contributed by atoms with E-state index in [0.717, 1.165) is 0 Å². The summed E-state index contributed by atoms with van der Waals surface area (Å²) >= 11 is 0. The number of carbonyl (C=O) groups is 1. The van der Waals surface area contributed by atoms with Crippen molar-refractivity contribution >= 4 is 5.78 Å². The smallest absolute Gasteiger partial charge is 0.165 e. The molecule has 0 heterocycles. The summed E-state index contributed by atoms with van der Waals surface area (Å²) in [6, 6.07) is 5.00. The van der Waals surface area contributed by atoms with Gasteiger partial charge in [-0.05, 0) is 25.1 Å². The zero-order valence-electron chi connectivity index (χ0n) is 9.53. The van der Waals surface area contributed by atoms with Gasteiger partial charge in [-0.2, -0.15) is 0 Å². The number of methoxy groups -OCH3 is 1. The number of carbonyl (C=O) groups excluding carboxylic acids is 1. The minimum absolute atomic E-state index is 0.108. The van der Waals surface area contributed by atoms with Gasteiger partial charge in [-0.15, -0.1) is 0 Å². The fourth-order valence-corrected chi connectivity index (χ4v) is 1.36. The largest absolute Gasteiger partial charge is 0.493 e. The number of ether oxygens (including phenoxy) is 2. The first-order valence-corrected chi connectivity index (χ1v) is 5.17. The van der Waals surface area contributed by atoms with Crippen LogP contribution in [-0.2, 0) is 0 Å². The number of hydrogen-bond acceptors (Lipinski definition) is 4. The minimum atomic E-state index is -0.144. The van der Waals surface area contributed by atoms with Crippen LogP contribution in [0, 0.1) is 0 Å². The number of Topliss-reactive ketones (excluding diaryl/α,β-unsaturated/α-hetero) is 1. The number of ketones is 1. The molecule has 0 amide bonds. The molecule has 1 rings (SSSR count). The van der Waals surface area contributed by atoms with Crippen LogP contribution in [0.1, 0.15) is 23.7 Å². The van der Waals surface area contributed by atoms with Crippen LogP contribution < -0.4 is 9.47 Å². The van der Waals surface area contributed by atoms with Crippen molar-refractivity contribution in [3.05, 3.63) is 23.8 Å². The molecule has 4 heteroatoms. The summed E-state index contributed by atoms with van der Waals surface area (Å²) in [5.41, 5.74) is 0.523. The van der Waals surface area contributed by atoms with Gasteiger partial charge in [-0.25, -0.2) is 0 Å². The Morgan fingerprint density at radius 2 is 2.12 bits per heavy atom. The molecule has 16 heavy (non-hydrogen) atoms. The molecule has 0 spiro atoms. The fourth-order valence-electron chi connectivity index (χ4n) is 1.36. The normalized spacial score (nSPS) is 9.94. The van der Waals surface area contributed by atoms with Crippen LogP contribution in [0.3, 0.4) is 0 Å². The van der Waals surface area contributed by atoms with E-state index < -0.39 is 0 Å². The van der Waals surface area contributed by atoms with Gasteiger partial charge in [0.1, 0.15) is 0 Å². The van der Waals surface area contributed by atoms with E-state index >= 15 is 0 Å². The van der Waals surface area contributed by atoms with Crippen molar-refractivity contribution in [2.45, 2.75) is 13.3 Å². The third-order valence-electron chi connectivity index (χ3n) is 2.12. The zero-order chi connectivity index (χ0) is 12.0. The Labute approximate surface area is 94.8 Å². The lowest BCUT2D eigenvalue weighted by atomic mass is 10.1. The van der Waals surface area contributed by atoms with E-state index in [2.05, 4.69) is 0 Å². The average Bonchev–Trinajstić information content (AvgIpc) is 2.30. The lowest BCUT2D eigenvalue weighted by Gasteiger charge is -2.10. The van der Waals surface area contributed by atoms with Gasteiger partial charge in [0, 0.05) is 12.0 Å². The minimum Gasteiger partial charge on any atom is -0.493 e. The quantitative estimate of drug-likeness (QED) is 0.746. The van der Waals surface area contributed by atoms with E-state index in [-0.39, 0.29) is 18.8 Å². The Bertz CT molecular complexity index is 360. The first kappa shape index (κ1) is 12.5. The molecular formula is C12H16O4. The second kappa shape index (κ2) is 6.12. The molecule has 0 bridgehead atoms. The van der Waals surface area contributed by atoms with Gasteiger partial charge in [0.15, 0.2) is 17.3 Å². The summed E-state index contributed by atoms with van der Waals surface area (Å²) in [4.78, 5) is 11.5. The van der Waals surface area contributed by atoms with Gasteiger partial charge in [0.05, 0.1) is 20.3 Å². The maximum atomic E-state index is 11.5. The molecule has 1 aromatic carbocycles. The SMILES string of the molecule is CCOc1ccc(C(=O)CCO)cc1OC. The molecule has 0 aliphatic rings. The molecule has 0 radical (unpaired) electrons. The summed E-state index contributed by atoms with van der Waals surface area (Å²) < 4.78 is 10.5. The summed E-state index contributed by atoms with van der Waals surface area (Å²) in [5.74, 6) is 1.04. The van der Waals surface area contributed by atoms with E-state index in [0.29, 0.717) is 23.7 Å². The Hall–Kier alpha value is -1.55. The topological polar surface area (TPSA) is 55.8 Å². The maximum absolute atomic E-state index is 11.5. The number of rotatable bonds is 6. The Balaban J connectivity index is 2.94. The van der Waals surface area contributed by atoms with E-state index in [9.17, 15) is 4.79 Å². The van der Waals surface area contributed by atoms with Crippen molar-refractivity contribution in [2.24, 2.45) is 0 Å². The van der Waals surface area contributed by atoms with Gasteiger partial charge < -0.3 is 14.6 Å². The van der Waals surface area contributed by atoms with Crippen molar-refractivity contribution in [1.82, 2.24) is 0 Å². The lowest BCUT2D eigenvalue weighted by Crippen LogP contribution is -2.03. The lowest BCUT2D eigenvalue weighted by molar-refractivity contribution is 0.0956. The molecule has 0 saturated carbocycles. The predicted molar refractivity (Wildman–Crippen MR) is 60.2 cm³/mol.